The molecule has 0 aromatic heterocycles. The molecule has 4 rings (SSSR count). The number of morpholine rings is 1. The van der Waals surface area contributed by atoms with Crippen molar-refractivity contribution in [3.05, 3.63) is 35.9 Å². The SMILES string of the molecule is CC(C)CCN1CCC(C2CN(C(=O)c3ccccc3)CC3(CC3)O2)CC1. The van der Waals surface area contributed by atoms with Gasteiger partial charge in [-0.25, -0.2) is 0 Å². The maximum absolute atomic E-state index is 13.0. The summed E-state index contributed by atoms with van der Waals surface area (Å²) in [6.45, 7) is 9.70. The Morgan fingerprint density at radius 3 is 2.52 bits per heavy atom. The molecule has 0 bridgehead atoms. The van der Waals surface area contributed by atoms with E-state index in [0.717, 1.165) is 37.4 Å². The van der Waals surface area contributed by atoms with Crippen molar-refractivity contribution >= 4 is 5.91 Å². The van der Waals surface area contributed by atoms with Gasteiger partial charge in [-0.1, -0.05) is 32.0 Å². The van der Waals surface area contributed by atoms with E-state index in [-0.39, 0.29) is 17.6 Å². The number of hydrogen-bond donors (Lipinski definition) is 0. The zero-order valence-corrected chi connectivity index (χ0v) is 16.9. The molecule has 1 aromatic carbocycles. The van der Waals surface area contributed by atoms with Gasteiger partial charge in [-0.15, -0.1) is 0 Å². The van der Waals surface area contributed by atoms with Crippen molar-refractivity contribution in [3.63, 3.8) is 0 Å². The van der Waals surface area contributed by atoms with Crippen LogP contribution in [0.4, 0.5) is 0 Å². The Labute approximate surface area is 163 Å². The minimum absolute atomic E-state index is 0.0395. The van der Waals surface area contributed by atoms with E-state index in [0.29, 0.717) is 5.92 Å². The van der Waals surface area contributed by atoms with Gasteiger partial charge in [0.25, 0.3) is 5.91 Å². The molecule has 4 nitrogen and oxygen atoms in total. The molecule has 4 heteroatoms. The summed E-state index contributed by atoms with van der Waals surface area (Å²) in [5.41, 5.74) is 0.764. The zero-order chi connectivity index (χ0) is 18.9. The van der Waals surface area contributed by atoms with Crippen molar-refractivity contribution in [2.75, 3.05) is 32.7 Å². The van der Waals surface area contributed by atoms with E-state index < -0.39 is 0 Å². The van der Waals surface area contributed by atoms with Crippen LogP contribution in [0, 0.1) is 11.8 Å². The van der Waals surface area contributed by atoms with Crippen LogP contribution >= 0.6 is 0 Å². The molecule has 1 amide bonds. The summed E-state index contributed by atoms with van der Waals surface area (Å²) in [7, 11) is 0. The van der Waals surface area contributed by atoms with Crippen LogP contribution in [-0.4, -0.2) is 60.1 Å². The Balaban J connectivity index is 1.37. The van der Waals surface area contributed by atoms with E-state index in [1.807, 2.05) is 30.3 Å². The van der Waals surface area contributed by atoms with Crippen LogP contribution in [0.15, 0.2) is 30.3 Å². The Kier molecular flexibility index (Phi) is 5.56. The Morgan fingerprint density at radius 1 is 1.19 bits per heavy atom. The number of hydrogen-bond acceptors (Lipinski definition) is 3. The van der Waals surface area contributed by atoms with Gasteiger partial charge in [-0.3, -0.25) is 4.79 Å². The molecule has 1 spiro atoms. The lowest BCUT2D eigenvalue weighted by atomic mass is 9.89. The largest absolute Gasteiger partial charge is 0.368 e. The molecule has 3 aliphatic rings. The van der Waals surface area contributed by atoms with Crippen LogP contribution in [0.3, 0.4) is 0 Å². The highest BCUT2D eigenvalue weighted by molar-refractivity contribution is 5.94. The molecule has 148 valence electrons. The van der Waals surface area contributed by atoms with Crippen molar-refractivity contribution in [2.45, 2.75) is 57.7 Å². The molecule has 3 fully saturated rings. The van der Waals surface area contributed by atoms with E-state index in [1.54, 1.807) is 0 Å². The average Bonchev–Trinajstić information content (AvgIpc) is 3.44. The minimum atomic E-state index is -0.0395. The molecule has 0 N–H and O–H groups in total. The molecular formula is C23H34N2O2. The number of ether oxygens (including phenoxy) is 1. The van der Waals surface area contributed by atoms with E-state index in [9.17, 15) is 4.79 Å². The van der Waals surface area contributed by atoms with Gasteiger partial charge in [0.1, 0.15) is 0 Å². The summed E-state index contributed by atoms with van der Waals surface area (Å²) in [5, 5.41) is 0. The van der Waals surface area contributed by atoms with Crippen LogP contribution in [0.2, 0.25) is 0 Å². The van der Waals surface area contributed by atoms with Crippen LogP contribution < -0.4 is 0 Å². The molecule has 2 heterocycles. The normalized spacial score (nSPS) is 25.9. The fourth-order valence-corrected chi connectivity index (χ4v) is 4.59. The standard InChI is InChI=1S/C23H34N2O2/c1-18(2)8-13-24-14-9-19(10-15-24)21-16-25(17-23(27-21)11-12-23)22(26)20-6-4-3-5-7-20/h3-7,18-19,21H,8-17H2,1-2H3. The molecule has 27 heavy (non-hydrogen) atoms. The van der Waals surface area contributed by atoms with Gasteiger partial charge in [0.05, 0.1) is 18.2 Å². The molecule has 2 saturated heterocycles. The molecular weight excluding hydrogens is 336 g/mol. The fourth-order valence-electron chi connectivity index (χ4n) is 4.59. The number of carbonyl (C=O) groups is 1. The van der Waals surface area contributed by atoms with E-state index in [2.05, 4.69) is 23.6 Å². The van der Waals surface area contributed by atoms with Gasteiger partial charge in [-0.05, 0) is 75.7 Å². The van der Waals surface area contributed by atoms with Gasteiger partial charge >= 0.3 is 0 Å². The maximum Gasteiger partial charge on any atom is 0.254 e. The molecule has 1 aromatic rings. The minimum Gasteiger partial charge on any atom is -0.368 e. The Morgan fingerprint density at radius 2 is 1.89 bits per heavy atom. The maximum atomic E-state index is 13.0. The van der Waals surface area contributed by atoms with Crippen LogP contribution in [0.25, 0.3) is 0 Å². The predicted molar refractivity (Wildman–Crippen MR) is 108 cm³/mol. The highest BCUT2D eigenvalue weighted by atomic mass is 16.5. The van der Waals surface area contributed by atoms with E-state index in [4.69, 9.17) is 4.74 Å². The summed E-state index contributed by atoms with van der Waals surface area (Å²) in [6, 6.07) is 9.73. The number of rotatable bonds is 5. The number of likely N-dealkylation sites (tertiary alicyclic amines) is 1. The summed E-state index contributed by atoms with van der Waals surface area (Å²) < 4.78 is 6.56. The van der Waals surface area contributed by atoms with Crippen molar-refractivity contribution < 1.29 is 9.53 Å². The molecule has 2 aliphatic heterocycles. The molecule has 0 radical (unpaired) electrons. The van der Waals surface area contributed by atoms with Crippen molar-refractivity contribution in [1.82, 2.24) is 9.80 Å². The second kappa shape index (κ2) is 7.92. The second-order valence-corrected chi connectivity index (χ2v) is 9.25. The average molecular weight is 371 g/mol. The zero-order valence-electron chi connectivity index (χ0n) is 16.9. The number of amides is 1. The van der Waals surface area contributed by atoms with Gasteiger partial charge in [0, 0.05) is 12.1 Å². The van der Waals surface area contributed by atoms with Gasteiger partial charge in [0.15, 0.2) is 0 Å². The topological polar surface area (TPSA) is 32.8 Å². The predicted octanol–water partition coefficient (Wildman–Crippen LogP) is 3.82. The Bertz CT molecular complexity index is 633. The Hall–Kier alpha value is -1.39. The highest BCUT2D eigenvalue weighted by Crippen LogP contribution is 2.45. The lowest BCUT2D eigenvalue weighted by Crippen LogP contribution is -2.54. The van der Waals surface area contributed by atoms with Gasteiger partial charge < -0.3 is 14.5 Å². The first-order chi connectivity index (χ1) is 13.0. The summed E-state index contributed by atoms with van der Waals surface area (Å²) in [6.07, 6.45) is 6.11. The van der Waals surface area contributed by atoms with Gasteiger partial charge in [-0.2, -0.15) is 0 Å². The van der Waals surface area contributed by atoms with Crippen molar-refractivity contribution in [3.8, 4) is 0 Å². The monoisotopic (exact) mass is 370 g/mol. The quantitative estimate of drug-likeness (QED) is 0.790. The van der Waals surface area contributed by atoms with E-state index >= 15 is 0 Å². The molecule has 1 saturated carbocycles. The lowest BCUT2D eigenvalue weighted by molar-refractivity contribution is -0.121. The summed E-state index contributed by atoms with van der Waals surface area (Å²) in [5.74, 6) is 1.53. The first kappa shape index (κ1) is 18.9. The van der Waals surface area contributed by atoms with Crippen LogP contribution in [0.1, 0.15) is 56.3 Å². The van der Waals surface area contributed by atoms with Gasteiger partial charge in [0.2, 0.25) is 0 Å². The third-order valence-electron chi connectivity index (χ3n) is 6.58. The van der Waals surface area contributed by atoms with Crippen molar-refractivity contribution in [2.24, 2.45) is 11.8 Å². The smallest absolute Gasteiger partial charge is 0.254 e. The molecule has 1 unspecified atom stereocenters. The lowest BCUT2D eigenvalue weighted by Gasteiger charge is -2.44. The third-order valence-corrected chi connectivity index (χ3v) is 6.58. The van der Waals surface area contributed by atoms with E-state index in [1.165, 1.54) is 38.9 Å². The third kappa shape index (κ3) is 4.55. The molecule has 1 atom stereocenters. The van der Waals surface area contributed by atoms with Crippen LogP contribution in [-0.2, 0) is 4.74 Å². The van der Waals surface area contributed by atoms with Crippen molar-refractivity contribution in [1.29, 1.82) is 0 Å². The number of nitrogens with zero attached hydrogens (tertiary/aromatic N) is 2. The molecule has 1 aliphatic carbocycles. The fraction of sp³-hybridized carbons (Fsp3) is 0.696. The number of benzene rings is 1. The summed E-state index contributed by atoms with van der Waals surface area (Å²) >= 11 is 0. The first-order valence-corrected chi connectivity index (χ1v) is 10.8. The first-order valence-electron chi connectivity index (χ1n) is 10.8. The highest BCUT2D eigenvalue weighted by Gasteiger charge is 2.52. The second-order valence-electron chi connectivity index (χ2n) is 9.25. The summed E-state index contributed by atoms with van der Waals surface area (Å²) in [4.78, 5) is 17.7. The number of piperidine rings is 1. The number of carbonyl (C=O) groups excluding carboxylic acids is 1. The van der Waals surface area contributed by atoms with Crippen LogP contribution in [0.5, 0.6) is 0 Å².